The molecule has 4 aromatic rings. The van der Waals surface area contributed by atoms with Crippen LogP contribution in [0.1, 0.15) is 11.3 Å². The van der Waals surface area contributed by atoms with Gasteiger partial charge >= 0.3 is 0 Å². The van der Waals surface area contributed by atoms with Gasteiger partial charge in [0.05, 0.1) is 31.5 Å². The highest BCUT2D eigenvalue weighted by molar-refractivity contribution is 7.22. The van der Waals surface area contributed by atoms with E-state index < -0.39 is 11.9 Å². The van der Waals surface area contributed by atoms with Crippen molar-refractivity contribution in [1.82, 2.24) is 10.1 Å². The average Bonchev–Trinajstić information content (AvgIpc) is 3.66. The quantitative estimate of drug-likeness (QED) is 0.231. The topological polar surface area (TPSA) is 123 Å². The molecule has 0 bridgehead atoms. The van der Waals surface area contributed by atoms with Gasteiger partial charge in [-0.3, -0.25) is 10.1 Å². The van der Waals surface area contributed by atoms with E-state index in [4.69, 9.17) is 32.9 Å². The van der Waals surface area contributed by atoms with E-state index in [9.17, 15) is 4.79 Å². The van der Waals surface area contributed by atoms with Gasteiger partial charge in [0.2, 0.25) is 11.5 Å². The zero-order valence-corrected chi connectivity index (χ0v) is 24.9. The first-order valence-electron chi connectivity index (χ1n) is 12.9. The summed E-state index contributed by atoms with van der Waals surface area (Å²) in [5, 5.41) is 7.54. The van der Waals surface area contributed by atoms with Crippen molar-refractivity contribution in [3.8, 4) is 28.5 Å². The van der Waals surface area contributed by atoms with E-state index >= 15 is 0 Å². The number of ether oxygens (including phenoxy) is 6. The van der Waals surface area contributed by atoms with Crippen LogP contribution >= 0.6 is 11.3 Å². The summed E-state index contributed by atoms with van der Waals surface area (Å²) in [7, 11) is 7.64. The summed E-state index contributed by atoms with van der Waals surface area (Å²) in [6.45, 7) is 1.75. The summed E-state index contributed by atoms with van der Waals surface area (Å²) in [6, 6.07) is 11.3. The van der Waals surface area contributed by atoms with Crippen LogP contribution < -0.4 is 19.5 Å². The number of nitrogens with zero attached hydrogens (tertiary/aromatic N) is 2. The van der Waals surface area contributed by atoms with Gasteiger partial charge < -0.3 is 32.9 Å². The van der Waals surface area contributed by atoms with Crippen LogP contribution in [-0.4, -0.2) is 70.1 Å². The van der Waals surface area contributed by atoms with Crippen molar-refractivity contribution in [3.05, 3.63) is 65.9 Å². The molecule has 0 saturated carbocycles. The number of anilines is 1. The Labute approximate surface area is 246 Å². The Morgan fingerprint density at radius 3 is 2.43 bits per heavy atom. The van der Waals surface area contributed by atoms with Crippen molar-refractivity contribution in [2.45, 2.75) is 18.8 Å². The monoisotopic (exact) mass is 593 g/mol. The standard InChI is InChI=1S/C30H31N3O8S/c1-17-7-8-20-25(11-17)42-29(31-20)32-27(34)16-40-26-14-18(9-10-30(26,38-5)39-6)22-15-21(33-41-22)19-12-23(35-2)28(37-4)24(13-19)36-3/h7-15,26H,16H2,1-6H3,(H,31,32,34). The number of allylic oxidation sites excluding steroid dienone is 2. The lowest BCUT2D eigenvalue weighted by molar-refractivity contribution is -0.225. The summed E-state index contributed by atoms with van der Waals surface area (Å²) in [4.78, 5) is 17.3. The molecule has 220 valence electrons. The van der Waals surface area contributed by atoms with Crippen LogP contribution in [0.2, 0.25) is 0 Å². The lowest BCUT2D eigenvalue weighted by Crippen LogP contribution is -2.47. The number of nitrogens with one attached hydrogen (secondary N) is 1. The normalized spacial score (nSPS) is 15.9. The summed E-state index contributed by atoms with van der Waals surface area (Å²) in [5.74, 6) is 0.315. The number of rotatable bonds is 11. The summed E-state index contributed by atoms with van der Waals surface area (Å²) < 4.78 is 40.4. The van der Waals surface area contributed by atoms with E-state index in [1.54, 1.807) is 57.8 Å². The number of fused-ring (bicyclic) bond motifs is 1. The summed E-state index contributed by atoms with van der Waals surface area (Å²) in [6.07, 6.45) is 4.48. The van der Waals surface area contributed by atoms with Gasteiger partial charge in [0.15, 0.2) is 22.4 Å². The molecule has 0 saturated heterocycles. The molecular formula is C30H31N3O8S. The largest absolute Gasteiger partial charge is 0.493 e. The fourth-order valence-electron chi connectivity index (χ4n) is 4.60. The van der Waals surface area contributed by atoms with Crippen LogP contribution in [0.5, 0.6) is 17.2 Å². The minimum absolute atomic E-state index is 0.265. The summed E-state index contributed by atoms with van der Waals surface area (Å²) in [5.41, 5.74) is 3.87. The van der Waals surface area contributed by atoms with E-state index in [-0.39, 0.29) is 12.5 Å². The zero-order valence-electron chi connectivity index (χ0n) is 24.0. The minimum atomic E-state index is -1.25. The number of hydrogen-bond acceptors (Lipinski definition) is 11. The SMILES string of the molecule is COc1cc(-c2cc(C3=CC(OCC(=O)Nc4nc5ccc(C)cc5s4)C(OC)(OC)C=C3)on2)cc(OC)c1OC. The number of thiazole rings is 1. The second kappa shape index (κ2) is 12.3. The molecule has 1 N–H and O–H groups in total. The van der Waals surface area contributed by atoms with E-state index in [0.717, 1.165) is 15.8 Å². The zero-order chi connectivity index (χ0) is 29.9. The third-order valence-electron chi connectivity index (χ3n) is 6.80. The molecule has 2 heterocycles. The van der Waals surface area contributed by atoms with Crippen LogP contribution in [0.25, 0.3) is 27.0 Å². The Morgan fingerprint density at radius 1 is 1.02 bits per heavy atom. The molecule has 0 fully saturated rings. The first kappa shape index (κ1) is 29.3. The summed E-state index contributed by atoms with van der Waals surface area (Å²) >= 11 is 1.40. The van der Waals surface area contributed by atoms with E-state index in [1.165, 1.54) is 25.6 Å². The number of carbonyl (C=O) groups is 1. The Morgan fingerprint density at radius 2 is 1.76 bits per heavy atom. The molecule has 12 heteroatoms. The van der Waals surface area contributed by atoms with Gasteiger partial charge in [0, 0.05) is 31.4 Å². The van der Waals surface area contributed by atoms with Crippen molar-refractivity contribution in [2.75, 3.05) is 47.5 Å². The van der Waals surface area contributed by atoms with Crippen molar-refractivity contribution >= 4 is 38.2 Å². The molecular weight excluding hydrogens is 562 g/mol. The Hall–Kier alpha value is -4.23. The maximum Gasteiger partial charge on any atom is 0.252 e. The Kier molecular flexibility index (Phi) is 8.59. The first-order chi connectivity index (χ1) is 20.3. The first-order valence-corrected chi connectivity index (χ1v) is 13.7. The van der Waals surface area contributed by atoms with E-state index in [1.807, 2.05) is 25.1 Å². The number of amides is 1. The smallest absolute Gasteiger partial charge is 0.252 e. The Balaban J connectivity index is 1.35. The van der Waals surface area contributed by atoms with Gasteiger partial charge in [-0.25, -0.2) is 4.98 Å². The molecule has 0 aliphatic heterocycles. The van der Waals surface area contributed by atoms with E-state index in [0.29, 0.717) is 45.0 Å². The van der Waals surface area contributed by atoms with Crippen LogP contribution in [0.15, 0.2) is 59.1 Å². The number of hydrogen-bond donors (Lipinski definition) is 1. The minimum Gasteiger partial charge on any atom is -0.493 e. The number of methoxy groups -OCH3 is 5. The van der Waals surface area contributed by atoms with Crippen molar-refractivity contribution < 1.29 is 37.7 Å². The molecule has 42 heavy (non-hydrogen) atoms. The van der Waals surface area contributed by atoms with Crippen molar-refractivity contribution in [1.29, 1.82) is 0 Å². The molecule has 11 nitrogen and oxygen atoms in total. The van der Waals surface area contributed by atoms with Gasteiger partial charge in [-0.1, -0.05) is 22.6 Å². The van der Waals surface area contributed by atoms with Crippen LogP contribution in [0.3, 0.4) is 0 Å². The maximum atomic E-state index is 12.8. The second-order valence-electron chi connectivity index (χ2n) is 9.35. The lowest BCUT2D eigenvalue weighted by Gasteiger charge is -2.36. The fraction of sp³-hybridized carbons (Fsp3) is 0.300. The molecule has 1 amide bonds. The number of carbonyl (C=O) groups excluding carboxylic acids is 1. The predicted molar refractivity (Wildman–Crippen MR) is 158 cm³/mol. The average molecular weight is 594 g/mol. The molecule has 2 aromatic carbocycles. The fourth-order valence-corrected chi connectivity index (χ4v) is 5.58. The number of aryl methyl sites for hydroxylation is 1. The molecule has 5 rings (SSSR count). The molecule has 1 unspecified atom stereocenters. The molecule has 1 atom stereocenters. The molecule has 0 radical (unpaired) electrons. The Bertz CT molecular complexity index is 1630. The van der Waals surface area contributed by atoms with Crippen LogP contribution in [-0.2, 0) is 19.0 Å². The van der Waals surface area contributed by atoms with E-state index in [2.05, 4.69) is 15.5 Å². The highest BCUT2D eigenvalue weighted by Crippen LogP contribution is 2.41. The highest BCUT2D eigenvalue weighted by Gasteiger charge is 2.40. The molecule has 1 aliphatic carbocycles. The molecule has 0 spiro atoms. The maximum absolute atomic E-state index is 12.8. The number of benzene rings is 2. The van der Waals surface area contributed by atoms with Gasteiger partial charge in [-0.15, -0.1) is 0 Å². The highest BCUT2D eigenvalue weighted by atomic mass is 32.1. The predicted octanol–water partition coefficient (Wildman–Crippen LogP) is 5.25. The van der Waals surface area contributed by atoms with Crippen LogP contribution in [0.4, 0.5) is 5.13 Å². The van der Waals surface area contributed by atoms with Crippen LogP contribution in [0, 0.1) is 6.92 Å². The molecule has 2 aromatic heterocycles. The van der Waals surface area contributed by atoms with Gasteiger partial charge in [-0.05, 0) is 55.0 Å². The third-order valence-corrected chi connectivity index (χ3v) is 7.73. The van der Waals surface area contributed by atoms with Gasteiger partial charge in [0.25, 0.3) is 5.91 Å². The van der Waals surface area contributed by atoms with Gasteiger partial charge in [0.1, 0.15) is 18.4 Å². The van der Waals surface area contributed by atoms with Crippen molar-refractivity contribution in [2.24, 2.45) is 0 Å². The number of aromatic nitrogens is 2. The lowest BCUT2D eigenvalue weighted by atomic mass is 9.96. The van der Waals surface area contributed by atoms with Crippen molar-refractivity contribution in [3.63, 3.8) is 0 Å². The second-order valence-corrected chi connectivity index (χ2v) is 10.4. The third kappa shape index (κ3) is 5.74. The van der Waals surface area contributed by atoms with Gasteiger partial charge in [-0.2, -0.15) is 0 Å². The molecule has 1 aliphatic rings.